The van der Waals surface area contributed by atoms with E-state index in [1.54, 1.807) is 0 Å². The molecule has 0 spiro atoms. The van der Waals surface area contributed by atoms with E-state index in [1.165, 1.54) is 0 Å². The summed E-state index contributed by atoms with van der Waals surface area (Å²) in [5.74, 6) is 0.786. The van der Waals surface area contributed by atoms with E-state index in [0.717, 1.165) is 6.42 Å². The third kappa shape index (κ3) is 7.33. The molecular weight excluding hydrogens is 198 g/mol. The summed E-state index contributed by atoms with van der Waals surface area (Å²) in [7, 11) is -2.85. The minimum Gasteiger partial charge on any atom is -0.313 e. The van der Waals surface area contributed by atoms with E-state index < -0.39 is 9.84 Å². The molecule has 0 saturated heterocycles. The molecule has 14 heavy (non-hydrogen) atoms. The first kappa shape index (κ1) is 13.9. The van der Waals surface area contributed by atoms with Crippen LogP contribution in [-0.4, -0.2) is 32.5 Å². The lowest BCUT2D eigenvalue weighted by Gasteiger charge is -2.11. The molecule has 0 fully saturated rings. The molecule has 0 heterocycles. The van der Waals surface area contributed by atoms with Crippen molar-refractivity contribution < 1.29 is 8.42 Å². The summed E-state index contributed by atoms with van der Waals surface area (Å²) in [4.78, 5) is 0. The van der Waals surface area contributed by atoms with Crippen molar-refractivity contribution in [2.24, 2.45) is 5.92 Å². The lowest BCUT2D eigenvalue weighted by atomic mass is 10.3. The van der Waals surface area contributed by atoms with Crippen molar-refractivity contribution in [3.8, 4) is 0 Å². The minimum absolute atomic E-state index is 0.226. The Morgan fingerprint density at radius 3 is 2.21 bits per heavy atom. The summed E-state index contributed by atoms with van der Waals surface area (Å²) in [6.07, 6.45) is 1.03. The third-order valence-corrected chi connectivity index (χ3v) is 4.11. The number of hydrogen-bond acceptors (Lipinski definition) is 3. The Hall–Kier alpha value is -0.0900. The van der Waals surface area contributed by atoms with Crippen molar-refractivity contribution in [1.29, 1.82) is 0 Å². The molecule has 1 N–H and O–H groups in total. The fourth-order valence-electron chi connectivity index (χ4n) is 1.20. The van der Waals surface area contributed by atoms with Gasteiger partial charge in [0.05, 0.1) is 11.5 Å². The Morgan fingerprint density at radius 1 is 1.21 bits per heavy atom. The highest BCUT2D eigenvalue weighted by Gasteiger charge is 2.12. The van der Waals surface area contributed by atoms with Crippen LogP contribution in [0.25, 0.3) is 0 Å². The quantitative estimate of drug-likeness (QED) is 0.707. The molecule has 0 aliphatic carbocycles. The number of rotatable bonds is 7. The predicted molar refractivity (Wildman–Crippen MR) is 61.2 cm³/mol. The zero-order valence-corrected chi connectivity index (χ0v) is 10.5. The smallest absolute Gasteiger partial charge is 0.151 e. The molecule has 86 valence electrons. The molecule has 3 nitrogen and oxygen atoms in total. The lowest BCUT2D eigenvalue weighted by molar-refractivity contribution is 0.541. The zero-order valence-electron chi connectivity index (χ0n) is 9.71. The summed E-state index contributed by atoms with van der Waals surface area (Å²) in [6.45, 7) is 8.58. The second-order valence-electron chi connectivity index (χ2n) is 4.27. The van der Waals surface area contributed by atoms with Gasteiger partial charge in [-0.2, -0.15) is 0 Å². The Labute approximate surface area is 88.2 Å². The highest BCUT2D eigenvalue weighted by molar-refractivity contribution is 7.91. The van der Waals surface area contributed by atoms with Crippen LogP contribution in [0.2, 0.25) is 0 Å². The molecule has 0 aromatic heterocycles. The van der Waals surface area contributed by atoms with Crippen LogP contribution in [0.3, 0.4) is 0 Å². The van der Waals surface area contributed by atoms with Gasteiger partial charge in [0.25, 0.3) is 0 Å². The first-order chi connectivity index (χ1) is 6.37. The molecule has 0 aliphatic rings. The standard InChI is InChI=1S/C10H23NO2S/c1-5-10(4)11-6-7-14(12,13)8-9(2)3/h9-11H,5-8H2,1-4H3. The van der Waals surface area contributed by atoms with Crippen LogP contribution in [0, 0.1) is 5.92 Å². The fourth-order valence-corrected chi connectivity index (χ4v) is 2.81. The van der Waals surface area contributed by atoms with Gasteiger partial charge in [-0.05, 0) is 19.3 Å². The van der Waals surface area contributed by atoms with E-state index in [2.05, 4.69) is 19.2 Å². The van der Waals surface area contributed by atoms with Gasteiger partial charge in [0.1, 0.15) is 0 Å². The third-order valence-electron chi connectivity index (χ3n) is 2.11. The van der Waals surface area contributed by atoms with Gasteiger partial charge in [-0.3, -0.25) is 0 Å². The number of nitrogens with one attached hydrogen (secondary N) is 1. The van der Waals surface area contributed by atoms with Crippen LogP contribution in [0.15, 0.2) is 0 Å². The van der Waals surface area contributed by atoms with Gasteiger partial charge in [-0.25, -0.2) is 8.42 Å². The Bertz CT molecular complexity index is 235. The van der Waals surface area contributed by atoms with Crippen LogP contribution in [-0.2, 0) is 9.84 Å². The molecule has 4 heteroatoms. The molecule has 0 aromatic rings. The van der Waals surface area contributed by atoms with Crippen molar-refractivity contribution in [2.75, 3.05) is 18.1 Å². The van der Waals surface area contributed by atoms with E-state index in [-0.39, 0.29) is 11.7 Å². The maximum atomic E-state index is 11.5. The van der Waals surface area contributed by atoms with Crippen LogP contribution in [0.4, 0.5) is 0 Å². The van der Waals surface area contributed by atoms with Crippen molar-refractivity contribution >= 4 is 9.84 Å². The number of hydrogen-bond donors (Lipinski definition) is 1. The van der Waals surface area contributed by atoms with Crippen molar-refractivity contribution in [3.05, 3.63) is 0 Å². The van der Waals surface area contributed by atoms with Crippen molar-refractivity contribution in [2.45, 2.75) is 40.2 Å². The van der Waals surface area contributed by atoms with Crippen LogP contribution < -0.4 is 5.32 Å². The maximum absolute atomic E-state index is 11.5. The van der Waals surface area contributed by atoms with Gasteiger partial charge in [0.15, 0.2) is 9.84 Å². The molecule has 1 unspecified atom stereocenters. The van der Waals surface area contributed by atoms with Crippen LogP contribution in [0.5, 0.6) is 0 Å². The van der Waals surface area contributed by atoms with E-state index in [9.17, 15) is 8.42 Å². The minimum atomic E-state index is -2.85. The zero-order chi connectivity index (χ0) is 11.2. The molecule has 0 bridgehead atoms. The van der Waals surface area contributed by atoms with Crippen LogP contribution in [0.1, 0.15) is 34.1 Å². The molecule has 0 saturated carbocycles. The first-order valence-electron chi connectivity index (χ1n) is 5.31. The van der Waals surface area contributed by atoms with Crippen molar-refractivity contribution in [1.82, 2.24) is 5.32 Å². The summed E-state index contributed by atoms with van der Waals surface area (Å²) in [5.41, 5.74) is 0. The Balaban J connectivity index is 3.77. The SMILES string of the molecule is CCC(C)NCCS(=O)(=O)CC(C)C. The molecule has 0 radical (unpaired) electrons. The molecule has 0 rings (SSSR count). The average Bonchev–Trinajstić information content (AvgIpc) is 2.01. The topological polar surface area (TPSA) is 46.2 Å². The van der Waals surface area contributed by atoms with E-state index in [4.69, 9.17) is 0 Å². The Kier molecular flexibility index (Phi) is 6.36. The molecular formula is C10H23NO2S. The second kappa shape index (κ2) is 6.40. The lowest BCUT2D eigenvalue weighted by Crippen LogP contribution is -2.31. The molecule has 1 atom stereocenters. The van der Waals surface area contributed by atoms with E-state index in [0.29, 0.717) is 18.3 Å². The largest absolute Gasteiger partial charge is 0.313 e. The monoisotopic (exact) mass is 221 g/mol. The second-order valence-corrected chi connectivity index (χ2v) is 6.50. The highest BCUT2D eigenvalue weighted by Crippen LogP contribution is 2.00. The highest BCUT2D eigenvalue weighted by atomic mass is 32.2. The van der Waals surface area contributed by atoms with Gasteiger partial charge in [-0.1, -0.05) is 20.8 Å². The Morgan fingerprint density at radius 2 is 1.79 bits per heavy atom. The molecule has 0 aliphatic heterocycles. The maximum Gasteiger partial charge on any atom is 0.151 e. The van der Waals surface area contributed by atoms with E-state index in [1.807, 2.05) is 13.8 Å². The first-order valence-corrected chi connectivity index (χ1v) is 7.13. The molecule has 0 aromatic carbocycles. The van der Waals surface area contributed by atoms with Gasteiger partial charge in [0, 0.05) is 12.6 Å². The van der Waals surface area contributed by atoms with Crippen LogP contribution >= 0.6 is 0 Å². The average molecular weight is 221 g/mol. The summed E-state index contributed by atoms with van der Waals surface area (Å²) >= 11 is 0. The summed E-state index contributed by atoms with van der Waals surface area (Å²) in [5, 5.41) is 3.18. The number of sulfone groups is 1. The molecule has 0 amide bonds. The summed E-state index contributed by atoms with van der Waals surface area (Å²) < 4.78 is 22.9. The van der Waals surface area contributed by atoms with Gasteiger partial charge in [-0.15, -0.1) is 0 Å². The normalized spacial score (nSPS) is 14.6. The van der Waals surface area contributed by atoms with E-state index >= 15 is 0 Å². The summed E-state index contributed by atoms with van der Waals surface area (Å²) in [6, 6.07) is 0.407. The van der Waals surface area contributed by atoms with Crippen molar-refractivity contribution in [3.63, 3.8) is 0 Å². The predicted octanol–water partition coefficient (Wildman–Crippen LogP) is 1.45. The van der Waals surface area contributed by atoms with Gasteiger partial charge < -0.3 is 5.32 Å². The fraction of sp³-hybridized carbons (Fsp3) is 1.00. The van der Waals surface area contributed by atoms with Gasteiger partial charge in [0.2, 0.25) is 0 Å². The van der Waals surface area contributed by atoms with Gasteiger partial charge >= 0.3 is 0 Å².